The van der Waals surface area contributed by atoms with Gasteiger partial charge >= 0.3 is 12.3 Å². The summed E-state index contributed by atoms with van der Waals surface area (Å²) < 4.78 is 18.9. The van der Waals surface area contributed by atoms with Crippen molar-refractivity contribution in [3.8, 4) is 0 Å². The number of carbonyl (C=O) groups is 2. The first-order valence-corrected chi connectivity index (χ1v) is 5.02. The van der Waals surface area contributed by atoms with Crippen molar-refractivity contribution in [1.29, 1.82) is 0 Å². The van der Waals surface area contributed by atoms with Crippen molar-refractivity contribution in [2.45, 2.75) is 39.3 Å². The van der Waals surface area contributed by atoms with Crippen LogP contribution in [-0.4, -0.2) is 38.1 Å². The zero-order valence-electron chi connectivity index (χ0n) is 11.3. The van der Waals surface area contributed by atoms with Gasteiger partial charge in [0.05, 0.1) is 0 Å². The average molecular weight is 266 g/mol. The predicted molar refractivity (Wildman–Crippen MR) is 57.3 cm³/mol. The van der Waals surface area contributed by atoms with E-state index in [1.807, 2.05) is 0 Å². The van der Waals surface area contributed by atoms with Crippen LogP contribution >= 0.6 is 0 Å². The summed E-state index contributed by atoms with van der Waals surface area (Å²) in [5.74, 6) is -2.40. The van der Waals surface area contributed by atoms with Crippen LogP contribution in [0.5, 0.6) is 0 Å². The number of methoxy groups -OCH3 is 2. The van der Waals surface area contributed by atoms with Gasteiger partial charge in [-0.15, -0.1) is 0 Å². The smallest absolute Gasteiger partial charge is 0.400 e. The Hall–Kier alpha value is -1.54. The molecule has 0 aromatic rings. The maximum absolute atomic E-state index is 11.1. The van der Waals surface area contributed by atoms with E-state index in [1.54, 1.807) is 0 Å². The highest BCUT2D eigenvalue weighted by atomic mass is 17.3. The summed E-state index contributed by atoms with van der Waals surface area (Å²) in [6, 6.07) is 0. The molecule has 0 amide bonds. The number of ether oxygens (including phenoxy) is 4. The Bertz CT molecular complexity index is 266. The monoisotopic (exact) mass is 266 g/mol. The quantitative estimate of drug-likeness (QED) is 0.330. The van der Waals surface area contributed by atoms with Crippen molar-refractivity contribution in [1.82, 2.24) is 0 Å². The van der Waals surface area contributed by atoms with Gasteiger partial charge in [-0.05, 0) is 0 Å². The van der Waals surface area contributed by atoms with Gasteiger partial charge in [0.25, 0.3) is 0 Å². The molecule has 0 atom stereocenters. The van der Waals surface area contributed by atoms with Crippen LogP contribution in [0, 0.1) is 0 Å². The van der Waals surface area contributed by atoms with Crippen molar-refractivity contribution < 1.29 is 38.3 Å². The van der Waals surface area contributed by atoms with Crippen LogP contribution in [0.4, 0.5) is 9.59 Å². The lowest BCUT2D eigenvalue weighted by atomic mass is 10.4. The largest absolute Gasteiger partial charge is 0.552 e. The Morgan fingerprint density at radius 2 is 1.00 bits per heavy atom. The predicted octanol–water partition coefficient (Wildman–Crippen LogP) is 1.97. The van der Waals surface area contributed by atoms with Crippen LogP contribution < -0.4 is 0 Å². The average Bonchev–Trinajstić information content (AvgIpc) is 2.25. The van der Waals surface area contributed by atoms with Crippen LogP contribution in [-0.2, 0) is 28.7 Å². The minimum Gasteiger partial charge on any atom is -0.400 e. The van der Waals surface area contributed by atoms with Crippen LogP contribution in [0.2, 0.25) is 0 Å². The molecule has 0 fully saturated rings. The Morgan fingerprint density at radius 1 is 0.722 bits per heavy atom. The van der Waals surface area contributed by atoms with Crippen LogP contribution in [0.25, 0.3) is 0 Å². The van der Waals surface area contributed by atoms with Gasteiger partial charge in [-0.1, -0.05) is 0 Å². The zero-order valence-corrected chi connectivity index (χ0v) is 11.3. The fourth-order valence-electron chi connectivity index (χ4n) is 0.587. The van der Waals surface area contributed by atoms with E-state index in [-0.39, 0.29) is 0 Å². The second kappa shape index (κ2) is 6.41. The molecule has 0 bridgehead atoms. The third-order valence-corrected chi connectivity index (χ3v) is 1.82. The Labute approximate surface area is 105 Å². The summed E-state index contributed by atoms with van der Waals surface area (Å²) >= 11 is 0. The maximum atomic E-state index is 11.1. The molecule has 18 heavy (non-hydrogen) atoms. The first-order valence-electron chi connectivity index (χ1n) is 5.02. The summed E-state index contributed by atoms with van der Waals surface area (Å²) in [4.78, 5) is 30.3. The van der Waals surface area contributed by atoms with E-state index in [0.29, 0.717) is 0 Å². The highest BCUT2D eigenvalue weighted by molar-refractivity contribution is 5.64. The molecule has 0 aromatic carbocycles. The molecular formula is C10H18O8. The third-order valence-electron chi connectivity index (χ3n) is 1.82. The molecule has 106 valence electrons. The van der Waals surface area contributed by atoms with Gasteiger partial charge in [0, 0.05) is 41.9 Å². The lowest BCUT2D eigenvalue weighted by Crippen LogP contribution is -2.33. The van der Waals surface area contributed by atoms with Gasteiger partial charge in [0.2, 0.25) is 11.6 Å². The molecule has 0 aliphatic rings. The fraction of sp³-hybridized carbons (Fsp3) is 0.800. The Balaban J connectivity index is 4.04. The third kappa shape index (κ3) is 6.92. The van der Waals surface area contributed by atoms with Crippen molar-refractivity contribution in [2.75, 3.05) is 14.2 Å². The van der Waals surface area contributed by atoms with Gasteiger partial charge in [-0.3, -0.25) is 0 Å². The molecule has 0 radical (unpaired) electrons. The summed E-state index contributed by atoms with van der Waals surface area (Å²) in [6.45, 7) is 5.89. The number of rotatable bonds is 4. The molecule has 0 spiro atoms. The van der Waals surface area contributed by atoms with Crippen molar-refractivity contribution in [2.24, 2.45) is 0 Å². The highest BCUT2D eigenvalue weighted by Gasteiger charge is 2.27. The normalized spacial score (nSPS) is 11.7. The molecule has 0 N–H and O–H groups in total. The molecule has 0 aliphatic carbocycles. The molecular weight excluding hydrogens is 248 g/mol. The number of hydrogen-bond donors (Lipinski definition) is 0. The molecule has 0 saturated heterocycles. The van der Waals surface area contributed by atoms with Crippen LogP contribution in [0.15, 0.2) is 0 Å². The highest BCUT2D eigenvalue weighted by Crippen LogP contribution is 2.12. The molecule has 0 unspecified atom stereocenters. The standard InChI is InChI=1S/C10H18O8/c1-9(2,13-5)15-7(11)17-18-8(12)16-10(3,4)14-6/h1-6H3. The van der Waals surface area contributed by atoms with E-state index in [4.69, 9.17) is 9.47 Å². The molecule has 0 aliphatic heterocycles. The van der Waals surface area contributed by atoms with Crippen molar-refractivity contribution in [3.05, 3.63) is 0 Å². The van der Waals surface area contributed by atoms with E-state index in [0.717, 1.165) is 0 Å². The topological polar surface area (TPSA) is 89.5 Å². The summed E-state index contributed by atoms with van der Waals surface area (Å²) in [6.07, 6.45) is -2.48. The van der Waals surface area contributed by atoms with E-state index >= 15 is 0 Å². The minimum absolute atomic E-state index is 1.20. The van der Waals surface area contributed by atoms with Crippen molar-refractivity contribution >= 4 is 12.3 Å². The molecule has 0 saturated carbocycles. The van der Waals surface area contributed by atoms with Gasteiger partial charge in [-0.25, -0.2) is 0 Å². The zero-order chi connectivity index (χ0) is 14.4. The van der Waals surface area contributed by atoms with Gasteiger partial charge in [0.15, 0.2) is 0 Å². The van der Waals surface area contributed by atoms with E-state index < -0.39 is 23.9 Å². The summed E-state index contributed by atoms with van der Waals surface area (Å²) in [5.41, 5.74) is 0. The lowest BCUT2D eigenvalue weighted by Gasteiger charge is -2.22. The van der Waals surface area contributed by atoms with Crippen molar-refractivity contribution in [3.63, 3.8) is 0 Å². The summed E-state index contributed by atoms with van der Waals surface area (Å²) in [5, 5.41) is 0. The van der Waals surface area contributed by atoms with Gasteiger partial charge in [0.1, 0.15) is 0 Å². The Morgan fingerprint density at radius 3 is 1.22 bits per heavy atom. The van der Waals surface area contributed by atoms with Gasteiger partial charge in [-0.2, -0.15) is 19.4 Å². The SMILES string of the molecule is COC(C)(C)OC(=O)OOC(=O)OC(C)(C)OC. The molecule has 0 rings (SSSR count). The second-order valence-electron chi connectivity index (χ2n) is 4.08. The molecule has 8 heteroatoms. The van der Waals surface area contributed by atoms with E-state index in [1.165, 1.54) is 41.9 Å². The summed E-state index contributed by atoms with van der Waals surface area (Å²) in [7, 11) is 2.67. The lowest BCUT2D eigenvalue weighted by molar-refractivity contribution is -0.269. The first kappa shape index (κ1) is 16.5. The maximum Gasteiger partial charge on any atom is 0.552 e. The first-order chi connectivity index (χ1) is 8.12. The Kier molecular flexibility index (Phi) is 5.86. The number of hydrogen-bond acceptors (Lipinski definition) is 8. The number of carbonyl (C=O) groups excluding carboxylic acids is 2. The minimum atomic E-state index is -1.24. The van der Waals surface area contributed by atoms with E-state index in [9.17, 15) is 9.59 Å². The molecule has 0 aromatic heterocycles. The van der Waals surface area contributed by atoms with Gasteiger partial charge < -0.3 is 18.9 Å². The van der Waals surface area contributed by atoms with Crippen LogP contribution in [0.3, 0.4) is 0 Å². The molecule has 0 heterocycles. The van der Waals surface area contributed by atoms with E-state index in [2.05, 4.69) is 19.2 Å². The fourth-order valence-corrected chi connectivity index (χ4v) is 0.587. The molecule has 8 nitrogen and oxygen atoms in total. The second-order valence-corrected chi connectivity index (χ2v) is 4.08. The van der Waals surface area contributed by atoms with Crippen LogP contribution in [0.1, 0.15) is 27.7 Å².